The summed E-state index contributed by atoms with van der Waals surface area (Å²) >= 11 is 1.73. The highest BCUT2D eigenvalue weighted by atomic mass is 35.5. The molecule has 0 radical (unpaired) electrons. The number of nitrogens with one attached hydrogen (secondary N) is 1. The first kappa shape index (κ1) is 11.1. The minimum Gasteiger partial charge on any atom is -0.345 e. The smallest absolute Gasteiger partial charge is 0.138 e. The van der Waals surface area contributed by atoms with Crippen molar-refractivity contribution in [2.75, 3.05) is 6.26 Å². The normalized spacial score (nSPS) is 9.50. The van der Waals surface area contributed by atoms with Crippen molar-refractivity contribution in [3.8, 4) is 11.4 Å². The molecule has 14 heavy (non-hydrogen) atoms. The Bertz CT molecular complexity index is 387. The largest absolute Gasteiger partial charge is 0.345 e. The standard InChI is InChI=1S/C10H10N2S.ClH/c1-13-9-5-3-2-4-8(9)10-11-6-7-12-10;/h2-7H,1H3,(H,11,12);1H. The van der Waals surface area contributed by atoms with E-state index in [0.29, 0.717) is 0 Å². The number of nitrogens with zero attached hydrogens (tertiary/aromatic N) is 1. The molecule has 0 aliphatic heterocycles. The molecule has 2 nitrogen and oxygen atoms in total. The molecule has 0 fully saturated rings. The van der Waals surface area contributed by atoms with E-state index in [1.807, 2.05) is 18.3 Å². The minimum absolute atomic E-state index is 0. The third kappa shape index (κ3) is 2.11. The molecule has 0 saturated heterocycles. The van der Waals surface area contributed by atoms with Gasteiger partial charge in [-0.05, 0) is 12.3 Å². The van der Waals surface area contributed by atoms with Crippen LogP contribution >= 0.6 is 24.2 Å². The van der Waals surface area contributed by atoms with E-state index in [0.717, 1.165) is 5.82 Å². The van der Waals surface area contributed by atoms with Gasteiger partial charge in [-0.3, -0.25) is 0 Å². The van der Waals surface area contributed by atoms with Crippen LogP contribution in [0, 0.1) is 0 Å². The lowest BCUT2D eigenvalue weighted by Crippen LogP contribution is -1.82. The van der Waals surface area contributed by atoms with E-state index in [9.17, 15) is 0 Å². The van der Waals surface area contributed by atoms with Crippen LogP contribution in [0.4, 0.5) is 0 Å². The van der Waals surface area contributed by atoms with E-state index in [4.69, 9.17) is 0 Å². The SMILES string of the molecule is CSc1ccccc1-c1ncc[nH]1.Cl. The van der Waals surface area contributed by atoms with Gasteiger partial charge < -0.3 is 4.98 Å². The maximum absolute atomic E-state index is 4.23. The van der Waals surface area contributed by atoms with Crippen molar-refractivity contribution < 1.29 is 0 Å². The van der Waals surface area contributed by atoms with Crippen molar-refractivity contribution in [2.45, 2.75) is 4.90 Å². The Hall–Kier alpha value is -0.930. The first-order valence-corrected chi connectivity index (χ1v) is 5.27. The summed E-state index contributed by atoms with van der Waals surface area (Å²) in [5, 5.41) is 0. The summed E-state index contributed by atoms with van der Waals surface area (Å²) in [4.78, 5) is 8.58. The first-order chi connectivity index (χ1) is 6.42. The van der Waals surface area contributed by atoms with Gasteiger partial charge >= 0.3 is 0 Å². The van der Waals surface area contributed by atoms with Gasteiger partial charge in [0.25, 0.3) is 0 Å². The second-order valence-electron chi connectivity index (χ2n) is 2.64. The quantitative estimate of drug-likeness (QED) is 0.797. The van der Waals surface area contributed by atoms with E-state index in [2.05, 4.69) is 28.4 Å². The summed E-state index contributed by atoms with van der Waals surface area (Å²) in [5.74, 6) is 0.935. The predicted octanol–water partition coefficient (Wildman–Crippen LogP) is 3.22. The zero-order chi connectivity index (χ0) is 9.10. The Balaban J connectivity index is 0.000000980. The van der Waals surface area contributed by atoms with Crippen molar-refractivity contribution in [3.63, 3.8) is 0 Å². The van der Waals surface area contributed by atoms with Crippen LogP contribution in [0.2, 0.25) is 0 Å². The molecular weight excluding hydrogens is 216 g/mol. The Morgan fingerprint density at radius 3 is 2.71 bits per heavy atom. The Morgan fingerprint density at radius 1 is 1.29 bits per heavy atom. The lowest BCUT2D eigenvalue weighted by molar-refractivity contribution is 1.27. The van der Waals surface area contributed by atoms with Crippen molar-refractivity contribution in [1.29, 1.82) is 0 Å². The van der Waals surface area contributed by atoms with Gasteiger partial charge in [-0.1, -0.05) is 18.2 Å². The molecule has 4 heteroatoms. The third-order valence-corrected chi connectivity index (χ3v) is 2.66. The molecular formula is C10H11ClN2S. The predicted molar refractivity (Wildman–Crippen MR) is 63.1 cm³/mol. The molecule has 2 rings (SSSR count). The molecule has 0 unspecified atom stereocenters. The molecule has 0 spiro atoms. The van der Waals surface area contributed by atoms with E-state index in [1.165, 1.54) is 10.5 Å². The molecule has 0 bridgehead atoms. The van der Waals surface area contributed by atoms with Gasteiger partial charge in [0.1, 0.15) is 5.82 Å². The maximum Gasteiger partial charge on any atom is 0.138 e. The lowest BCUT2D eigenvalue weighted by Gasteiger charge is -2.02. The average molecular weight is 227 g/mol. The number of aromatic amines is 1. The maximum atomic E-state index is 4.23. The summed E-state index contributed by atoms with van der Waals surface area (Å²) in [7, 11) is 0. The van der Waals surface area contributed by atoms with Gasteiger partial charge in [0.05, 0.1) is 0 Å². The Morgan fingerprint density at radius 2 is 2.07 bits per heavy atom. The number of benzene rings is 1. The van der Waals surface area contributed by atoms with Gasteiger partial charge in [-0.2, -0.15) is 0 Å². The number of halogens is 1. The second-order valence-corrected chi connectivity index (χ2v) is 3.49. The van der Waals surface area contributed by atoms with Gasteiger partial charge in [0, 0.05) is 22.9 Å². The van der Waals surface area contributed by atoms with Crippen molar-refractivity contribution in [3.05, 3.63) is 36.7 Å². The molecule has 0 amide bonds. The van der Waals surface area contributed by atoms with Crippen LogP contribution in [0.1, 0.15) is 0 Å². The highest BCUT2D eigenvalue weighted by Crippen LogP contribution is 2.26. The van der Waals surface area contributed by atoms with Crippen molar-refractivity contribution >= 4 is 24.2 Å². The van der Waals surface area contributed by atoms with Crippen molar-refractivity contribution in [2.24, 2.45) is 0 Å². The van der Waals surface area contributed by atoms with Crippen molar-refractivity contribution in [1.82, 2.24) is 9.97 Å². The van der Waals surface area contributed by atoms with Gasteiger partial charge in [0.2, 0.25) is 0 Å². The summed E-state index contributed by atoms with van der Waals surface area (Å²) in [6.45, 7) is 0. The molecule has 1 aromatic carbocycles. The molecule has 0 saturated carbocycles. The minimum atomic E-state index is 0. The second kappa shape index (κ2) is 5.08. The third-order valence-electron chi connectivity index (χ3n) is 1.86. The zero-order valence-corrected chi connectivity index (χ0v) is 9.36. The van der Waals surface area contributed by atoms with E-state index in [-0.39, 0.29) is 12.4 Å². The fourth-order valence-corrected chi connectivity index (χ4v) is 1.85. The number of aromatic nitrogens is 2. The summed E-state index contributed by atoms with van der Waals surface area (Å²) in [5.41, 5.74) is 1.17. The number of H-pyrrole nitrogens is 1. The molecule has 0 aliphatic rings. The lowest BCUT2D eigenvalue weighted by atomic mass is 10.2. The highest BCUT2D eigenvalue weighted by Gasteiger charge is 2.03. The highest BCUT2D eigenvalue weighted by molar-refractivity contribution is 7.98. The molecule has 0 atom stereocenters. The number of imidazole rings is 1. The number of hydrogen-bond acceptors (Lipinski definition) is 2. The Labute approximate surface area is 93.6 Å². The van der Waals surface area contributed by atoms with Gasteiger partial charge in [-0.25, -0.2) is 4.98 Å². The fraction of sp³-hybridized carbons (Fsp3) is 0.100. The number of thioether (sulfide) groups is 1. The van der Waals surface area contributed by atoms with Gasteiger partial charge in [0.15, 0.2) is 0 Å². The monoisotopic (exact) mass is 226 g/mol. The molecule has 1 heterocycles. The van der Waals surface area contributed by atoms with Crippen LogP contribution in [0.15, 0.2) is 41.6 Å². The topological polar surface area (TPSA) is 28.7 Å². The molecule has 1 N–H and O–H groups in total. The summed E-state index contributed by atoms with van der Waals surface area (Å²) in [6, 6.07) is 8.24. The van der Waals surface area contributed by atoms with E-state index in [1.54, 1.807) is 18.0 Å². The molecule has 74 valence electrons. The zero-order valence-electron chi connectivity index (χ0n) is 7.73. The Kier molecular flexibility index (Phi) is 4.04. The summed E-state index contributed by atoms with van der Waals surface area (Å²) < 4.78 is 0. The number of hydrogen-bond donors (Lipinski definition) is 1. The van der Waals surface area contributed by atoms with E-state index >= 15 is 0 Å². The van der Waals surface area contributed by atoms with Crippen LogP contribution in [0.5, 0.6) is 0 Å². The fourth-order valence-electron chi connectivity index (χ4n) is 1.25. The first-order valence-electron chi connectivity index (χ1n) is 4.04. The van der Waals surface area contributed by atoms with Crippen LogP contribution in [-0.2, 0) is 0 Å². The van der Waals surface area contributed by atoms with Gasteiger partial charge in [-0.15, -0.1) is 24.2 Å². The van der Waals surface area contributed by atoms with Crippen LogP contribution in [0.3, 0.4) is 0 Å². The molecule has 1 aromatic heterocycles. The average Bonchev–Trinajstić information content (AvgIpc) is 2.70. The number of rotatable bonds is 2. The van der Waals surface area contributed by atoms with Crippen LogP contribution in [0.25, 0.3) is 11.4 Å². The van der Waals surface area contributed by atoms with Crippen LogP contribution < -0.4 is 0 Å². The molecule has 2 aromatic rings. The van der Waals surface area contributed by atoms with Crippen LogP contribution in [-0.4, -0.2) is 16.2 Å². The summed E-state index contributed by atoms with van der Waals surface area (Å²) in [6.07, 6.45) is 5.68. The van der Waals surface area contributed by atoms with E-state index < -0.39 is 0 Å². The molecule has 0 aliphatic carbocycles.